The molecule has 6 nitrogen and oxygen atoms in total. The van der Waals surface area contributed by atoms with Crippen molar-refractivity contribution in [3.8, 4) is 11.5 Å². The van der Waals surface area contributed by atoms with E-state index in [1.54, 1.807) is 18.3 Å². The smallest absolute Gasteiger partial charge is 0.277 e. The number of nitrogens with zero attached hydrogens (tertiary/aromatic N) is 3. The van der Waals surface area contributed by atoms with Crippen LogP contribution in [0.5, 0.6) is 0 Å². The highest BCUT2D eigenvalue weighted by atomic mass is 35.5. The third-order valence-corrected chi connectivity index (χ3v) is 4.91. The number of aromatic nitrogens is 3. The molecular formula is C19H13ClN4O2S. The monoisotopic (exact) mass is 396 g/mol. The highest BCUT2D eigenvalue weighted by Crippen LogP contribution is 2.29. The summed E-state index contributed by atoms with van der Waals surface area (Å²) in [4.78, 5) is 16.6. The Bertz CT molecular complexity index is 1110. The van der Waals surface area contributed by atoms with E-state index in [1.165, 1.54) is 0 Å². The molecule has 4 aromatic rings. The largest absolute Gasteiger partial charge is 0.411 e. The molecule has 27 heavy (non-hydrogen) atoms. The lowest BCUT2D eigenvalue weighted by Gasteiger charge is -2.07. The number of rotatable bonds is 5. The molecule has 1 amide bonds. The van der Waals surface area contributed by atoms with Crippen molar-refractivity contribution in [2.45, 2.75) is 5.22 Å². The van der Waals surface area contributed by atoms with E-state index in [4.69, 9.17) is 16.0 Å². The summed E-state index contributed by atoms with van der Waals surface area (Å²) in [5.74, 6) is 0.290. The highest BCUT2D eigenvalue weighted by Gasteiger charge is 2.14. The Morgan fingerprint density at radius 3 is 2.85 bits per heavy atom. The van der Waals surface area contributed by atoms with E-state index in [-0.39, 0.29) is 11.7 Å². The number of carbonyl (C=O) groups is 1. The molecule has 1 N–H and O–H groups in total. The van der Waals surface area contributed by atoms with Crippen LogP contribution in [0.2, 0.25) is 5.02 Å². The number of halogens is 1. The molecule has 0 saturated heterocycles. The number of amides is 1. The summed E-state index contributed by atoms with van der Waals surface area (Å²) in [6.45, 7) is 0. The van der Waals surface area contributed by atoms with E-state index >= 15 is 0 Å². The molecule has 0 unspecified atom stereocenters. The summed E-state index contributed by atoms with van der Waals surface area (Å²) >= 11 is 7.29. The number of anilines is 1. The molecule has 2 aromatic carbocycles. The molecule has 0 aliphatic rings. The first-order chi connectivity index (χ1) is 13.2. The van der Waals surface area contributed by atoms with Crippen LogP contribution < -0.4 is 5.32 Å². The standard InChI is InChI=1S/C19H13ClN4O2S/c20-14-7-2-1-5-12(14)18-23-24-19(26-18)27-11-17(25)22-16-9-3-8-15-13(16)6-4-10-21-15/h1-10H,11H2,(H,22,25). The molecule has 0 saturated carbocycles. The van der Waals surface area contributed by atoms with Crippen LogP contribution in [0, 0.1) is 0 Å². The Hall–Kier alpha value is -2.90. The fraction of sp³-hybridized carbons (Fsp3) is 0.0526. The van der Waals surface area contributed by atoms with Gasteiger partial charge in [-0.25, -0.2) is 0 Å². The van der Waals surface area contributed by atoms with E-state index in [2.05, 4.69) is 20.5 Å². The molecular weight excluding hydrogens is 384 g/mol. The van der Waals surface area contributed by atoms with E-state index < -0.39 is 0 Å². The average molecular weight is 397 g/mol. The predicted molar refractivity (Wildman–Crippen MR) is 106 cm³/mol. The number of nitrogens with one attached hydrogen (secondary N) is 1. The first kappa shape index (κ1) is 17.5. The average Bonchev–Trinajstić information content (AvgIpc) is 3.16. The normalized spacial score (nSPS) is 10.9. The minimum absolute atomic E-state index is 0.140. The maximum absolute atomic E-state index is 12.3. The van der Waals surface area contributed by atoms with Crippen LogP contribution in [-0.2, 0) is 4.79 Å². The topological polar surface area (TPSA) is 80.9 Å². The van der Waals surface area contributed by atoms with Gasteiger partial charge < -0.3 is 9.73 Å². The molecule has 2 aromatic heterocycles. The van der Waals surface area contributed by atoms with Crippen molar-refractivity contribution in [2.75, 3.05) is 11.1 Å². The maximum atomic E-state index is 12.3. The number of thioether (sulfide) groups is 1. The van der Waals surface area contributed by atoms with Crippen molar-refractivity contribution < 1.29 is 9.21 Å². The van der Waals surface area contributed by atoms with E-state index in [1.807, 2.05) is 42.5 Å². The van der Waals surface area contributed by atoms with Gasteiger partial charge in [-0.1, -0.05) is 41.6 Å². The number of fused-ring (bicyclic) bond motifs is 1. The number of carbonyl (C=O) groups excluding carboxylic acids is 1. The third kappa shape index (κ3) is 3.94. The zero-order valence-electron chi connectivity index (χ0n) is 13.9. The van der Waals surface area contributed by atoms with Gasteiger partial charge in [-0.05, 0) is 36.4 Å². The summed E-state index contributed by atoms with van der Waals surface area (Å²) in [5, 5.41) is 12.6. The number of pyridine rings is 1. The first-order valence-corrected chi connectivity index (χ1v) is 9.42. The Morgan fingerprint density at radius 1 is 1.07 bits per heavy atom. The summed E-state index contributed by atoms with van der Waals surface area (Å²) in [5.41, 5.74) is 2.20. The van der Waals surface area contributed by atoms with Crippen LogP contribution in [0.25, 0.3) is 22.4 Å². The van der Waals surface area contributed by atoms with Crippen LogP contribution in [-0.4, -0.2) is 26.8 Å². The minimum atomic E-state index is -0.172. The summed E-state index contributed by atoms with van der Waals surface area (Å²) in [6, 6.07) is 16.6. The molecule has 0 spiro atoms. The predicted octanol–water partition coefficient (Wildman–Crippen LogP) is 4.67. The lowest BCUT2D eigenvalue weighted by molar-refractivity contribution is -0.113. The fourth-order valence-electron chi connectivity index (χ4n) is 2.54. The number of benzene rings is 2. The second-order valence-electron chi connectivity index (χ2n) is 5.57. The number of hydrogen-bond donors (Lipinski definition) is 1. The van der Waals surface area contributed by atoms with Crippen molar-refractivity contribution in [3.05, 3.63) is 65.8 Å². The van der Waals surface area contributed by atoms with E-state index in [0.29, 0.717) is 27.4 Å². The Labute approximate surface area is 164 Å². The van der Waals surface area contributed by atoms with Crippen LogP contribution in [0.1, 0.15) is 0 Å². The van der Waals surface area contributed by atoms with Gasteiger partial charge in [0.15, 0.2) is 0 Å². The van der Waals surface area contributed by atoms with Crippen molar-refractivity contribution in [3.63, 3.8) is 0 Å². The molecule has 2 heterocycles. The van der Waals surface area contributed by atoms with E-state index in [0.717, 1.165) is 22.7 Å². The van der Waals surface area contributed by atoms with Gasteiger partial charge in [-0.3, -0.25) is 9.78 Å². The fourth-order valence-corrected chi connectivity index (χ4v) is 3.32. The lowest BCUT2D eigenvalue weighted by Crippen LogP contribution is -2.14. The van der Waals surface area contributed by atoms with Gasteiger partial charge in [0.2, 0.25) is 11.8 Å². The molecule has 0 aliphatic carbocycles. The van der Waals surface area contributed by atoms with Gasteiger partial charge in [0.1, 0.15) is 0 Å². The molecule has 0 fully saturated rings. The molecule has 8 heteroatoms. The molecule has 0 aliphatic heterocycles. The zero-order chi connectivity index (χ0) is 18.6. The summed E-state index contributed by atoms with van der Waals surface area (Å²) in [6.07, 6.45) is 1.72. The summed E-state index contributed by atoms with van der Waals surface area (Å²) < 4.78 is 5.59. The zero-order valence-corrected chi connectivity index (χ0v) is 15.5. The van der Waals surface area contributed by atoms with Crippen molar-refractivity contribution >= 4 is 45.9 Å². The van der Waals surface area contributed by atoms with Gasteiger partial charge in [0.25, 0.3) is 5.22 Å². The van der Waals surface area contributed by atoms with Crippen LogP contribution in [0.15, 0.2) is 70.4 Å². The van der Waals surface area contributed by atoms with Crippen LogP contribution >= 0.6 is 23.4 Å². The first-order valence-electron chi connectivity index (χ1n) is 8.05. The highest BCUT2D eigenvalue weighted by molar-refractivity contribution is 7.99. The van der Waals surface area contributed by atoms with Gasteiger partial charge in [-0.2, -0.15) is 0 Å². The van der Waals surface area contributed by atoms with Crippen LogP contribution in [0.4, 0.5) is 5.69 Å². The second kappa shape index (κ2) is 7.77. The van der Waals surface area contributed by atoms with Gasteiger partial charge in [0, 0.05) is 11.6 Å². The second-order valence-corrected chi connectivity index (χ2v) is 6.90. The summed E-state index contributed by atoms with van der Waals surface area (Å²) in [7, 11) is 0. The molecule has 0 atom stereocenters. The molecule has 134 valence electrons. The third-order valence-electron chi connectivity index (χ3n) is 3.76. The van der Waals surface area contributed by atoms with Crippen molar-refractivity contribution in [2.24, 2.45) is 0 Å². The SMILES string of the molecule is O=C(CSc1nnc(-c2ccccc2Cl)o1)Nc1cccc2ncccc12. The Kier molecular flexibility index (Phi) is 5.04. The van der Waals surface area contributed by atoms with Crippen molar-refractivity contribution in [1.29, 1.82) is 0 Å². The Morgan fingerprint density at radius 2 is 1.96 bits per heavy atom. The van der Waals surface area contributed by atoms with Gasteiger partial charge >= 0.3 is 0 Å². The lowest BCUT2D eigenvalue weighted by atomic mass is 10.2. The van der Waals surface area contributed by atoms with Crippen LogP contribution in [0.3, 0.4) is 0 Å². The molecule has 0 bridgehead atoms. The Balaban J connectivity index is 1.42. The van der Waals surface area contributed by atoms with Gasteiger partial charge in [0.05, 0.1) is 27.5 Å². The van der Waals surface area contributed by atoms with Gasteiger partial charge in [-0.15, -0.1) is 10.2 Å². The number of hydrogen-bond acceptors (Lipinski definition) is 6. The minimum Gasteiger partial charge on any atom is -0.411 e. The molecule has 4 rings (SSSR count). The van der Waals surface area contributed by atoms with E-state index in [9.17, 15) is 4.79 Å². The maximum Gasteiger partial charge on any atom is 0.277 e. The van der Waals surface area contributed by atoms with Crippen molar-refractivity contribution in [1.82, 2.24) is 15.2 Å². The molecule has 0 radical (unpaired) electrons. The quantitative estimate of drug-likeness (QED) is 0.494.